The molecule has 0 aromatic rings. The van der Waals surface area contributed by atoms with Gasteiger partial charge in [-0.25, -0.2) is 0 Å². The van der Waals surface area contributed by atoms with Crippen LogP contribution >= 0.6 is 0 Å². The van der Waals surface area contributed by atoms with Gasteiger partial charge in [0.2, 0.25) is 0 Å². The molecule has 12 heavy (non-hydrogen) atoms. The van der Waals surface area contributed by atoms with Crippen molar-refractivity contribution in [1.29, 1.82) is 0 Å². The van der Waals surface area contributed by atoms with E-state index in [9.17, 15) is 0 Å². The molecule has 70 valence electrons. The van der Waals surface area contributed by atoms with Crippen LogP contribution in [0.2, 0.25) is 12.1 Å². The average Bonchev–Trinajstić information content (AvgIpc) is 2.79. The van der Waals surface area contributed by atoms with Gasteiger partial charge < -0.3 is 4.90 Å². The fourth-order valence-corrected chi connectivity index (χ4v) is 2.99. The van der Waals surface area contributed by atoms with E-state index >= 15 is 0 Å². The first-order valence-corrected chi connectivity index (χ1v) is 7.15. The van der Waals surface area contributed by atoms with Crippen molar-refractivity contribution in [3.8, 4) is 0 Å². The minimum Gasteiger partial charge on any atom is -0.301 e. The van der Waals surface area contributed by atoms with Crippen molar-refractivity contribution < 1.29 is 0 Å². The van der Waals surface area contributed by atoms with E-state index in [-0.39, 0.29) is 9.52 Å². The summed E-state index contributed by atoms with van der Waals surface area (Å²) < 4.78 is 0. The first kappa shape index (κ1) is 10.0. The van der Waals surface area contributed by atoms with E-state index < -0.39 is 0 Å². The Labute approximate surface area is 78.7 Å². The largest absolute Gasteiger partial charge is 0.301 e. The molecule has 1 saturated heterocycles. The van der Waals surface area contributed by atoms with Crippen LogP contribution in [0.25, 0.3) is 0 Å². The van der Waals surface area contributed by atoms with Gasteiger partial charge in [0.05, 0.1) is 0 Å². The molecule has 0 aromatic carbocycles. The number of rotatable bonds is 6. The third-order valence-electron chi connectivity index (χ3n) is 2.27. The standard InChI is InChI=1S/C10H21NSi/c1-10(2)4-9-12-8-3-5-11-6-7-11/h4H,3,5-9,12H2,1-2H3. The Morgan fingerprint density at radius 1 is 1.42 bits per heavy atom. The van der Waals surface area contributed by atoms with Gasteiger partial charge in [0, 0.05) is 22.6 Å². The molecule has 2 heteroatoms. The van der Waals surface area contributed by atoms with Gasteiger partial charge in [-0.2, -0.15) is 0 Å². The van der Waals surface area contributed by atoms with E-state index in [1.165, 1.54) is 37.7 Å². The molecule has 0 unspecified atom stereocenters. The second kappa shape index (κ2) is 5.54. The Bertz CT molecular complexity index is 146. The third kappa shape index (κ3) is 5.55. The molecule has 0 amide bonds. The number of hydrogen-bond acceptors (Lipinski definition) is 1. The fourth-order valence-electron chi connectivity index (χ4n) is 1.34. The maximum absolute atomic E-state index is 2.52. The summed E-state index contributed by atoms with van der Waals surface area (Å²) in [6.45, 7) is 8.52. The molecule has 1 rings (SSSR count). The van der Waals surface area contributed by atoms with Crippen LogP contribution in [0.3, 0.4) is 0 Å². The van der Waals surface area contributed by atoms with Crippen LogP contribution in [0, 0.1) is 0 Å². The second-order valence-electron chi connectivity index (χ2n) is 3.97. The van der Waals surface area contributed by atoms with Gasteiger partial charge >= 0.3 is 0 Å². The zero-order valence-corrected chi connectivity index (χ0v) is 9.89. The van der Waals surface area contributed by atoms with Crippen LogP contribution in [0.1, 0.15) is 20.3 Å². The van der Waals surface area contributed by atoms with Crippen LogP contribution in [0.15, 0.2) is 11.6 Å². The van der Waals surface area contributed by atoms with Gasteiger partial charge in [-0.1, -0.05) is 17.7 Å². The van der Waals surface area contributed by atoms with Crippen molar-refractivity contribution in [2.75, 3.05) is 19.6 Å². The monoisotopic (exact) mass is 183 g/mol. The Morgan fingerprint density at radius 3 is 2.75 bits per heavy atom. The Balaban J connectivity index is 1.78. The Kier molecular flexibility index (Phi) is 4.62. The van der Waals surface area contributed by atoms with Crippen molar-refractivity contribution in [3.63, 3.8) is 0 Å². The van der Waals surface area contributed by atoms with Crippen LogP contribution in [-0.4, -0.2) is 34.1 Å². The molecule has 0 N–H and O–H groups in total. The molecule has 0 atom stereocenters. The lowest BCUT2D eigenvalue weighted by Crippen LogP contribution is -2.00. The lowest BCUT2D eigenvalue weighted by molar-refractivity contribution is 0.551. The van der Waals surface area contributed by atoms with Crippen molar-refractivity contribution in [1.82, 2.24) is 4.90 Å². The molecule has 0 radical (unpaired) electrons. The normalized spacial score (nSPS) is 17.2. The van der Waals surface area contributed by atoms with Gasteiger partial charge in [-0.15, -0.1) is 0 Å². The minimum absolute atomic E-state index is 0.250. The van der Waals surface area contributed by atoms with Gasteiger partial charge in [0.25, 0.3) is 0 Å². The highest BCUT2D eigenvalue weighted by atomic mass is 28.2. The van der Waals surface area contributed by atoms with Crippen LogP contribution in [0.4, 0.5) is 0 Å². The summed E-state index contributed by atoms with van der Waals surface area (Å²) in [4.78, 5) is 2.52. The minimum atomic E-state index is 0.250. The first-order chi connectivity index (χ1) is 5.79. The molecular weight excluding hydrogens is 162 g/mol. The topological polar surface area (TPSA) is 3.01 Å². The summed E-state index contributed by atoms with van der Waals surface area (Å²) in [6, 6.07) is 2.96. The van der Waals surface area contributed by atoms with E-state index in [1.807, 2.05) is 0 Å². The van der Waals surface area contributed by atoms with E-state index in [0.717, 1.165) is 0 Å². The first-order valence-electron chi connectivity index (χ1n) is 5.15. The summed E-state index contributed by atoms with van der Waals surface area (Å²) in [5, 5.41) is 0. The highest BCUT2D eigenvalue weighted by Gasteiger charge is 2.14. The maximum Gasteiger partial charge on any atom is 0.0240 e. The maximum atomic E-state index is 2.52. The molecule has 0 spiro atoms. The van der Waals surface area contributed by atoms with Crippen LogP contribution in [0.5, 0.6) is 0 Å². The van der Waals surface area contributed by atoms with Crippen molar-refractivity contribution in [2.45, 2.75) is 32.4 Å². The van der Waals surface area contributed by atoms with Crippen molar-refractivity contribution in [2.24, 2.45) is 0 Å². The number of hydrogen-bond donors (Lipinski definition) is 0. The molecule has 1 heterocycles. The average molecular weight is 183 g/mol. The van der Waals surface area contributed by atoms with Crippen LogP contribution in [-0.2, 0) is 0 Å². The highest BCUT2D eigenvalue weighted by Crippen LogP contribution is 2.06. The molecule has 0 aromatic heterocycles. The predicted octanol–water partition coefficient (Wildman–Crippen LogP) is 1.66. The van der Waals surface area contributed by atoms with Gasteiger partial charge in [-0.05, 0) is 32.9 Å². The smallest absolute Gasteiger partial charge is 0.0240 e. The zero-order valence-electron chi connectivity index (χ0n) is 8.47. The van der Waals surface area contributed by atoms with E-state index in [2.05, 4.69) is 24.8 Å². The molecule has 0 bridgehead atoms. The molecule has 0 aliphatic carbocycles. The van der Waals surface area contributed by atoms with Crippen molar-refractivity contribution in [3.05, 3.63) is 11.6 Å². The number of allylic oxidation sites excluding steroid dienone is 2. The van der Waals surface area contributed by atoms with E-state index in [1.54, 1.807) is 6.04 Å². The molecular formula is C10H21NSi. The predicted molar refractivity (Wildman–Crippen MR) is 58.6 cm³/mol. The van der Waals surface area contributed by atoms with E-state index in [0.29, 0.717) is 0 Å². The van der Waals surface area contributed by atoms with Gasteiger partial charge in [0.1, 0.15) is 0 Å². The summed E-state index contributed by atoms with van der Waals surface area (Å²) >= 11 is 0. The van der Waals surface area contributed by atoms with Crippen molar-refractivity contribution >= 4 is 9.52 Å². The van der Waals surface area contributed by atoms with E-state index in [4.69, 9.17) is 0 Å². The molecule has 1 aliphatic rings. The summed E-state index contributed by atoms with van der Waals surface area (Å²) in [5.74, 6) is 0. The lowest BCUT2D eigenvalue weighted by Gasteiger charge is -1.98. The highest BCUT2D eigenvalue weighted by molar-refractivity contribution is 6.36. The summed E-state index contributed by atoms with van der Waals surface area (Å²) in [6.07, 6.45) is 3.87. The second-order valence-corrected chi connectivity index (χ2v) is 5.96. The lowest BCUT2D eigenvalue weighted by atomic mass is 10.3. The summed E-state index contributed by atoms with van der Waals surface area (Å²) in [7, 11) is 0.250. The number of nitrogens with zero attached hydrogens (tertiary/aromatic N) is 1. The molecule has 1 nitrogen and oxygen atoms in total. The summed E-state index contributed by atoms with van der Waals surface area (Å²) in [5.41, 5.74) is 1.49. The molecule has 0 saturated carbocycles. The van der Waals surface area contributed by atoms with Gasteiger partial charge in [0.15, 0.2) is 0 Å². The Hall–Kier alpha value is -0.0831. The molecule has 1 fully saturated rings. The fraction of sp³-hybridized carbons (Fsp3) is 0.800. The van der Waals surface area contributed by atoms with Gasteiger partial charge in [-0.3, -0.25) is 0 Å². The SMILES string of the molecule is CC(C)=CC[SiH2]CCCN1CC1. The third-order valence-corrected chi connectivity index (χ3v) is 3.97. The quantitative estimate of drug-likeness (QED) is 0.262. The molecule has 1 aliphatic heterocycles. The zero-order chi connectivity index (χ0) is 8.81. The Morgan fingerprint density at radius 2 is 2.17 bits per heavy atom. The van der Waals surface area contributed by atoms with Crippen LogP contribution < -0.4 is 0 Å².